The van der Waals surface area contributed by atoms with Crippen molar-refractivity contribution < 1.29 is 9.59 Å². The van der Waals surface area contributed by atoms with Crippen molar-refractivity contribution in [2.75, 3.05) is 37.6 Å². The highest BCUT2D eigenvalue weighted by molar-refractivity contribution is 6.04. The first-order valence-corrected chi connectivity index (χ1v) is 8.94. The summed E-state index contributed by atoms with van der Waals surface area (Å²) in [5, 5.41) is 2.97. The highest BCUT2D eigenvalue weighted by atomic mass is 16.2. The van der Waals surface area contributed by atoms with Gasteiger partial charge in [0.05, 0.1) is 11.8 Å². The zero-order valence-electron chi connectivity index (χ0n) is 14.6. The predicted octanol–water partition coefficient (Wildman–Crippen LogP) is 0.932. The molecule has 8 nitrogen and oxygen atoms in total. The van der Waals surface area contributed by atoms with Crippen molar-refractivity contribution in [1.29, 1.82) is 0 Å². The molecule has 0 bridgehead atoms. The lowest BCUT2D eigenvalue weighted by Gasteiger charge is -2.34. The molecule has 1 saturated carbocycles. The topological polar surface area (TPSA) is 94.2 Å². The molecule has 1 aliphatic carbocycles. The second-order valence-corrected chi connectivity index (χ2v) is 6.80. The van der Waals surface area contributed by atoms with Gasteiger partial charge in [-0.25, -0.2) is 9.97 Å². The molecule has 0 aromatic carbocycles. The van der Waals surface area contributed by atoms with Crippen LogP contribution in [0.5, 0.6) is 0 Å². The van der Waals surface area contributed by atoms with Crippen LogP contribution in [-0.2, 0) is 4.79 Å². The monoisotopic (exact) mass is 354 g/mol. The average Bonchev–Trinajstić information content (AvgIpc) is 3.42. The van der Waals surface area contributed by atoms with E-state index < -0.39 is 0 Å². The van der Waals surface area contributed by atoms with Gasteiger partial charge in [-0.1, -0.05) is 6.58 Å². The number of carbonyl (C=O) groups excluding carboxylic acids is 2. The lowest BCUT2D eigenvalue weighted by Crippen LogP contribution is -2.48. The number of anilines is 1. The number of piperazine rings is 1. The molecule has 2 aromatic rings. The lowest BCUT2D eigenvalue weighted by molar-refractivity contribution is -0.126. The van der Waals surface area contributed by atoms with Crippen LogP contribution in [0.4, 0.5) is 5.82 Å². The number of nitrogens with zero attached hydrogens (tertiary/aromatic N) is 4. The fourth-order valence-electron chi connectivity index (χ4n) is 3.15. The van der Waals surface area contributed by atoms with Crippen LogP contribution in [0.2, 0.25) is 0 Å². The Morgan fingerprint density at radius 3 is 2.77 bits per heavy atom. The van der Waals surface area contributed by atoms with Crippen molar-refractivity contribution in [3.63, 3.8) is 0 Å². The van der Waals surface area contributed by atoms with Crippen LogP contribution in [0.15, 0.2) is 25.0 Å². The largest absolute Gasteiger partial charge is 0.352 e. The zero-order valence-corrected chi connectivity index (χ0v) is 14.6. The van der Waals surface area contributed by atoms with Crippen LogP contribution in [-0.4, -0.2) is 64.4 Å². The Balaban J connectivity index is 1.50. The zero-order chi connectivity index (χ0) is 18.1. The maximum absolute atomic E-state index is 12.4. The molecule has 1 aliphatic heterocycles. The predicted molar refractivity (Wildman–Crippen MR) is 97.9 cm³/mol. The molecule has 1 saturated heterocycles. The summed E-state index contributed by atoms with van der Waals surface area (Å²) in [7, 11) is 0. The summed E-state index contributed by atoms with van der Waals surface area (Å²) in [6.07, 6.45) is 7.10. The molecule has 2 N–H and O–H groups in total. The fraction of sp³-hybridized carbons (Fsp3) is 0.444. The lowest BCUT2D eigenvalue weighted by atomic mass is 10.2. The maximum atomic E-state index is 12.4. The number of hydrogen-bond acceptors (Lipinski definition) is 5. The minimum Gasteiger partial charge on any atom is -0.352 e. The summed E-state index contributed by atoms with van der Waals surface area (Å²) in [6.45, 7) is 6.83. The molecule has 3 heterocycles. The van der Waals surface area contributed by atoms with Gasteiger partial charge in [0.15, 0.2) is 5.65 Å². The second kappa shape index (κ2) is 6.78. The van der Waals surface area contributed by atoms with Crippen molar-refractivity contribution >= 4 is 28.8 Å². The van der Waals surface area contributed by atoms with E-state index in [4.69, 9.17) is 0 Å². The van der Waals surface area contributed by atoms with E-state index in [-0.39, 0.29) is 11.8 Å². The molecule has 136 valence electrons. The molecule has 8 heteroatoms. The maximum Gasteiger partial charge on any atom is 0.255 e. The Kier molecular flexibility index (Phi) is 4.32. The van der Waals surface area contributed by atoms with Crippen LogP contribution in [0.1, 0.15) is 23.2 Å². The number of rotatable bonds is 5. The van der Waals surface area contributed by atoms with Crippen molar-refractivity contribution in [2.45, 2.75) is 12.8 Å². The van der Waals surface area contributed by atoms with Gasteiger partial charge >= 0.3 is 0 Å². The van der Waals surface area contributed by atoms with Crippen molar-refractivity contribution in [1.82, 2.24) is 25.2 Å². The molecule has 2 aromatic heterocycles. The van der Waals surface area contributed by atoms with Gasteiger partial charge in [-0.05, 0) is 24.8 Å². The quantitative estimate of drug-likeness (QED) is 0.779. The number of aromatic nitrogens is 3. The number of aromatic amines is 1. The molecular formula is C18H22N6O2. The van der Waals surface area contributed by atoms with Gasteiger partial charge in [-0.3, -0.25) is 9.59 Å². The van der Waals surface area contributed by atoms with Crippen LogP contribution in [0, 0.1) is 5.92 Å². The van der Waals surface area contributed by atoms with E-state index in [2.05, 4.69) is 31.7 Å². The van der Waals surface area contributed by atoms with E-state index in [1.165, 1.54) is 18.9 Å². The molecule has 2 amide bonds. The number of nitrogens with one attached hydrogen (secondary N) is 2. The molecular weight excluding hydrogens is 332 g/mol. The van der Waals surface area contributed by atoms with E-state index in [1.807, 2.05) is 0 Å². The Bertz CT molecular complexity index is 848. The first-order chi connectivity index (χ1) is 12.7. The first-order valence-electron chi connectivity index (χ1n) is 8.94. The van der Waals surface area contributed by atoms with E-state index in [9.17, 15) is 9.59 Å². The van der Waals surface area contributed by atoms with Crippen LogP contribution >= 0.6 is 0 Å². The number of hydrogen-bond donors (Lipinski definition) is 2. The first kappa shape index (κ1) is 16.6. The molecule has 0 unspecified atom stereocenters. The van der Waals surface area contributed by atoms with Crippen LogP contribution in [0.25, 0.3) is 11.2 Å². The van der Waals surface area contributed by atoms with Crippen molar-refractivity contribution in [3.8, 4) is 0 Å². The third-order valence-corrected chi connectivity index (χ3v) is 4.95. The summed E-state index contributed by atoms with van der Waals surface area (Å²) in [6, 6.07) is 0. The number of H-pyrrole nitrogens is 1. The molecule has 2 fully saturated rings. The van der Waals surface area contributed by atoms with Crippen molar-refractivity contribution in [2.24, 2.45) is 5.92 Å². The summed E-state index contributed by atoms with van der Waals surface area (Å²) in [4.78, 5) is 40.0. The Hall–Kier alpha value is -2.90. The van der Waals surface area contributed by atoms with E-state index in [1.54, 1.807) is 17.3 Å². The molecule has 2 aliphatic rings. The molecule has 0 radical (unpaired) electrons. The third-order valence-electron chi connectivity index (χ3n) is 4.95. The van der Waals surface area contributed by atoms with Gasteiger partial charge in [0.25, 0.3) is 5.91 Å². The van der Waals surface area contributed by atoms with Crippen LogP contribution < -0.4 is 10.2 Å². The highest BCUT2D eigenvalue weighted by Crippen LogP contribution is 2.28. The third kappa shape index (κ3) is 3.26. The molecule has 26 heavy (non-hydrogen) atoms. The SMILES string of the molecule is C=CC(=O)N1CCN(c2cnc3[nH]cc(C(=O)NCC4CC4)c3n2)CC1. The van der Waals surface area contributed by atoms with E-state index in [0.717, 1.165) is 12.4 Å². The van der Waals surface area contributed by atoms with Gasteiger partial charge < -0.3 is 20.1 Å². The molecule has 0 atom stereocenters. The number of amides is 2. The van der Waals surface area contributed by atoms with Gasteiger partial charge in [0.2, 0.25) is 5.91 Å². The van der Waals surface area contributed by atoms with Gasteiger partial charge in [0, 0.05) is 38.9 Å². The Labute approximate surface area is 151 Å². The minimum absolute atomic E-state index is 0.0496. The normalized spacial score (nSPS) is 17.4. The fourth-order valence-corrected chi connectivity index (χ4v) is 3.15. The minimum atomic E-state index is -0.115. The second-order valence-electron chi connectivity index (χ2n) is 6.80. The Morgan fingerprint density at radius 2 is 2.08 bits per heavy atom. The molecule has 0 spiro atoms. The van der Waals surface area contributed by atoms with E-state index >= 15 is 0 Å². The number of carbonyl (C=O) groups is 2. The van der Waals surface area contributed by atoms with Gasteiger partial charge in [-0.2, -0.15) is 0 Å². The highest BCUT2D eigenvalue weighted by Gasteiger charge is 2.24. The van der Waals surface area contributed by atoms with Gasteiger partial charge in [0.1, 0.15) is 11.3 Å². The van der Waals surface area contributed by atoms with Crippen LogP contribution in [0.3, 0.4) is 0 Å². The Morgan fingerprint density at radius 1 is 1.31 bits per heavy atom. The summed E-state index contributed by atoms with van der Waals surface area (Å²) < 4.78 is 0. The number of fused-ring (bicyclic) bond motifs is 1. The average molecular weight is 354 g/mol. The summed E-state index contributed by atoms with van der Waals surface area (Å²) in [5.41, 5.74) is 1.71. The molecule has 4 rings (SSSR count). The summed E-state index contributed by atoms with van der Waals surface area (Å²) in [5.74, 6) is 1.18. The van der Waals surface area contributed by atoms with E-state index in [0.29, 0.717) is 48.8 Å². The van der Waals surface area contributed by atoms with Crippen molar-refractivity contribution in [3.05, 3.63) is 30.6 Å². The summed E-state index contributed by atoms with van der Waals surface area (Å²) >= 11 is 0. The smallest absolute Gasteiger partial charge is 0.255 e. The van der Waals surface area contributed by atoms with Gasteiger partial charge in [-0.15, -0.1) is 0 Å². The standard InChI is InChI=1S/C18H22N6O2/c1-2-15(25)24-7-5-23(6-8-24)14-11-20-17-16(22-14)13(10-19-17)18(26)21-9-12-3-4-12/h2,10-12H,1,3-9H2,(H,19,20)(H,21,26).